The molecule has 1 aromatic heterocycles. The first-order chi connectivity index (χ1) is 7.90. The van der Waals surface area contributed by atoms with Gasteiger partial charge in [-0.05, 0) is 49.0 Å². The lowest BCUT2D eigenvalue weighted by atomic mass is 10.1. The third-order valence-corrected chi connectivity index (χ3v) is 3.41. The minimum absolute atomic E-state index is 0.968. The van der Waals surface area contributed by atoms with Gasteiger partial charge in [0, 0.05) is 11.6 Å². The SMILES string of the molecule is [CH2]CSCCCc1cnc2ccccc2c1. The fourth-order valence-corrected chi connectivity index (χ4v) is 2.29. The van der Waals surface area contributed by atoms with Crippen LogP contribution in [0.2, 0.25) is 0 Å². The zero-order valence-electron chi connectivity index (χ0n) is 9.36. The standard InChI is InChI=1S/C14H16NS/c1-2-16-9-5-6-12-10-13-7-3-4-8-14(13)15-11-12/h3-4,7-8,10-11H,1-2,5-6,9H2. The topological polar surface area (TPSA) is 12.9 Å². The molecule has 2 heteroatoms. The summed E-state index contributed by atoms with van der Waals surface area (Å²) in [6.45, 7) is 3.82. The molecule has 0 fully saturated rings. The van der Waals surface area contributed by atoms with Gasteiger partial charge in [0.2, 0.25) is 0 Å². The van der Waals surface area contributed by atoms with Crippen molar-refractivity contribution in [3.63, 3.8) is 0 Å². The van der Waals surface area contributed by atoms with Crippen molar-refractivity contribution in [2.75, 3.05) is 11.5 Å². The van der Waals surface area contributed by atoms with Crippen molar-refractivity contribution in [3.05, 3.63) is 49.0 Å². The maximum Gasteiger partial charge on any atom is 0.0702 e. The molecule has 1 aromatic carbocycles. The first kappa shape index (κ1) is 11.5. The van der Waals surface area contributed by atoms with Gasteiger partial charge in [-0.3, -0.25) is 4.98 Å². The van der Waals surface area contributed by atoms with Crippen molar-refractivity contribution < 1.29 is 0 Å². The molecule has 0 N–H and O–H groups in total. The Labute approximate surface area is 101 Å². The number of aromatic nitrogens is 1. The Hall–Kier alpha value is -1.02. The highest BCUT2D eigenvalue weighted by Crippen LogP contribution is 2.14. The van der Waals surface area contributed by atoms with Crippen LogP contribution in [0.4, 0.5) is 0 Å². The third-order valence-electron chi connectivity index (χ3n) is 2.55. The van der Waals surface area contributed by atoms with Crippen LogP contribution in [0.25, 0.3) is 10.9 Å². The van der Waals surface area contributed by atoms with E-state index in [-0.39, 0.29) is 0 Å². The van der Waals surface area contributed by atoms with E-state index < -0.39 is 0 Å². The molecule has 0 aliphatic carbocycles. The predicted molar refractivity (Wildman–Crippen MR) is 72.7 cm³/mol. The summed E-state index contributed by atoms with van der Waals surface area (Å²) in [4.78, 5) is 4.46. The molecule has 2 aromatic rings. The lowest BCUT2D eigenvalue weighted by Crippen LogP contribution is -1.90. The number of thioether (sulfide) groups is 1. The second-order valence-corrected chi connectivity index (χ2v) is 4.98. The van der Waals surface area contributed by atoms with Gasteiger partial charge in [-0.1, -0.05) is 18.2 Å². The van der Waals surface area contributed by atoms with Crippen LogP contribution in [0.1, 0.15) is 12.0 Å². The Balaban J connectivity index is 2.02. The summed E-state index contributed by atoms with van der Waals surface area (Å²) >= 11 is 1.90. The minimum atomic E-state index is 0.968. The zero-order valence-corrected chi connectivity index (χ0v) is 10.2. The highest BCUT2D eigenvalue weighted by molar-refractivity contribution is 7.99. The second-order valence-electron chi connectivity index (χ2n) is 3.75. The van der Waals surface area contributed by atoms with Crippen LogP contribution in [0.3, 0.4) is 0 Å². The summed E-state index contributed by atoms with van der Waals surface area (Å²) in [5.41, 5.74) is 2.42. The van der Waals surface area contributed by atoms with Gasteiger partial charge >= 0.3 is 0 Å². The summed E-state index contributed by atoms with van der Waals surface area (Å²) in [6.07, 6.45) is 4.32. The van der Waals surface area contributed by atoms with E-state index in [1.807, 2.05) is 24.0 Å². The quantitative estimate of drug-likeness (QED) is 0.726. The Bertz CT molecular complexity index is 453. The number of hydrogen-bond donors (Lipinski definition) is 0. The van der Waals surface area contributed by atoms with Gasteiger partial charge in [-0.25, -0.2) is 0 Å². The molecule has 0 aliphatic heterocycles. The van der Waals surface area contributed by atoms with Gasteiger partial charge < -0.3 is 0 Å². The molecule has 0 saturated carbocycles. The van der Waals surface area contributed by atoms with Gasteiger partial charge in [-0.2, -0.15) is 11.8 Å². The predicted octanol–water partition coefficient (Wildman–Crippen LogP) is 3.73. The summed E-state index contributed by atoms with van der Waals surface area (Å²) in [7, 11) is 0. The fourth-order valence-electron chi connectivity index (χ4n) is 1.73. The monoisotopic (exact) mass is 230 g/mol. The average molecular weight is 230 g/mol. The van der Waals surface area contributed by atoms with Crippen LogP contribution in [-0.4, -0.2) is 16.5 Å². The maximum absolute atomic E-state index is 4.46. The summed E-state index contributed by atoms with van der Waals surface area (Å²) in [6, 6.07) is 10.5. The van der Waals surface area contributed by atoms with Crippen molar-refractivity contribution >= 4 is 22.7 Å². The Morgan fingerprint density at radius 3 is 3.00 bits per heavy atom. The molecule has 0 atom stereocenters. The number of nitrogens with zero attached hydrogens (tertiary/aromatic N) is 1. The van der Waals surface area contributed by atoms with E-state index in [0.29, 0.717) is 0 Å². The Morgan fingerprint density at radius 2 is 2.12 bits per heavy atom. The first-order valence-corrected chi connectivity index (χ1v) is 6.76. The first-order valence-electron chi connectivity index (χ1n) is 5.61. The molecule has 16 heavy (non-hydrogen) atoms. The molecule has 83 valence electrons. The number of rotatable bonds is 5. The number of fused-ring (bicyclic) bond motifs is 1. The van der Waals surface area contributed by atoms with Crippen molar-refractivity contribution in [2.24, 2.45) is 0 Å². The van der Waals surface area contributed by atoms with Crippen LogP contribution in [0.15, 0.2) is 36.5 Å². The molecule has 0 unspecified atom stereocenters. The number of hydrogen-bond acceptors (Lipinski definition) is 2. The maximum atomic E-state index is 4.46. The van der Waals surface area contributed by atoms with Crippen molar-refractivity contribution in [1.29, 1.82) is 0 Å². The van der Waals surface area contributed by atoms with Crippen LogP contribution in [0, 0.1) is 6.92 Å². The van der Waals surface area contributed by atoms with E-state index in [0.717, 1.165) is 17.7 Å². The fraction of sp³-hybridized carbons (Fsp3) is 0.286. The van der Waals surface area contributed by atoms with E-state index in [9.17, 15) is 0 Å². The largest absolute Gasteiger partial charge is 0.256 e. The van der Waals surface area contributed by atoms with Crippen molar-refractivity contribution in [2.45, 2.75) is 12.8 Å². The highest BCUT2D eigenvalue weighted by atomic mass is 32.2. The molecule has 0 spiro atoms. The van der Waals surface area contributed by atoms with E-state index in [2.05, 4.69) is 36.2 Å². The van der Waals surface area contributed by atoms with Gasteiger partial charge in [0.25, 0.3) is 0 Å². The van der Waals surface area contributed by atoms with Crippen molar-refractivity contribution in [1.82, 2.24) is 4.98 Å². The molecule has 1 heterocycles. The third kappa shape index (κ3) is 2.99. The van der Waals surface area contributed by atoms with E-state index in [1.165, 1.54) is 23.1 Å². The molecule has 0 bridgehead atoms. The summed E-state index contributed by atoms with van der Waals surface area (Å²) in [5, 5.41) is 1.24. The van der Waals surface area contributed by atoms with E-state index >= 15 is 0 Å². The Kier molecular flexibility index (Phi) is 4.23. The molecule has 2 rings (SSSR count). The van der Waals surface area contributed by atoms with Crippen LogP contribution in [-0.2, 0) is 6.42 Å². The van der Waals surface area contributed by atoms with Crippen LogP contribution < -0.4 is 0 Å². The molecule has 1 nitrogen and oxygen atoms in total. The number of para-hydroxylation sites is 1. The zero-order chi connectivity index (χ0) is 11.2. The summed E-state index contributed by atoms with van der Waals surface area (Å²) in [5.74, 6) is 2.16. The van der Waals surface area contributed by atoms with Crippen LogP contribution in [0.5, 0.6) is 0 Å². The van der Waals surface area contributed by atoms with Crippen molar-refractivity contribution in [3.8, 4) is 0 Å². The number of aryl methyl sites for hydroxylation is 1. The van der Waals surface area contributed by atoms with Gasteiger partial charge in [-0.15, -0.1) is 0 Å². The normalized spacial score (nSPS) is 10.8. The molecule has 0 saturated heterocycles. The Morgan fingerprint density at radius 1 is 1.25 bits per heavy atom. The van der Waals surface area contributed by atoms with E-state index in [1.54, 1.807) is 0 Å². The molecule has 1 radical (unpaired) electrons. The molecular weight excluding hydrogens is 214 g/mol. The highest BCUT2D eigenvalue weighted by Gasteiger charge is 1.97. The second kappa shape index (κ2) is 5.90. The van der Waals surface area contributed by atoms with Gasteiger partial charge in [0.05, 0.1) is 5.52 Å². The smallest absolute Gasteiger partial charge is 0.0702 e. The van der Waals surface area contributed by atoms with Gasteiger partial charge in [0.15, 0.2) is 0 Å². The average Bonchev–Trinajstić information content (AvgIpc) is 2.34. The van der Waals surface area contributed by atoms with E-state index in [4.69, 9.17) is 0 Å². The lowest BCUT2D eigenvalue weighted by Gasteiger charge is -2.02. The van der Waals surface area contributed by atoms with Gasteiger partial charge in [0.1, 0.15) is 0 Å². The number of benzene rings is 1. The minimum Gasteiger partial charge on any atom is -0.256 e. The number of pyridine rings is 1. The molecular formula is C14H16NS. The van der Waals surface area contributed by atoms with Crippen LogP contribution >= 0.6 is 11.8 Å². The molecule has 0 aliphatic rings. The summed E-state index contributed by atoms with van der Waals surface area (Å²) < 4.78 is 0. The lowest BCUT2D eigenvalue weighted by molar-refractivity contribution is 0.929. The molecule has 0 amide bonds.